The number of nitrogens with zero attached hydrogens (tertiary/aromatic N) is 8. The van der Waals surface area contributed by atoms with E-state index in [1.807, 2.05) is 0 Å². The smallest absolute Gasteiger partial charge is 0.196 e. The van der Waals surface area contributed by atoms with Gasteiger partial charge in [-0.05, 0) is 69.4 Å². The maximum absolute atomic E-state index is 12.7. The van der Waals surface area contributed by atoms with Crippen LogP contribution in [0.15, 0.2) is 53.7 Å². The van der Waals surface area contributed by atoms with E-state index in [4.69, 9.17) is 11.6 Å². The third-order valence-electron chi connectivity index (χ3n) is 3.82. The van der Waals surface area contributed by atoms with Crippen LogP contribution in [-0.4, -0.2) is 40.4 Å². The van der Waals surface area contributed by atoms with Crippen molar-refractivity contribution in [3.8, 4) is 11.4 Å². The number of hydrogen-bond donors (Lipinski definition) is 0. The molecule has 0 spiro atoms. The lowest BCUT2D eigenvalue weighted by molar-refractivity contribution is -0.137. The van der Waals surface area contributed by atoms with Gasteiger partial charge in [-0.15, -0.1) is 10.2 Å². The fraction of sp³-hybridized carbons (Fsp3) is 0.125. The van der Waals surface area contributed by atoms with Crippen molar-refractivity contribution in [3.05, 3.63) is 64.9 Å². The molecule has 2 heterocycles. The van der Waals surface area contributed by atoms with Gasteiger partial charge in [0.05, 0.1) is 22.7 Å². The van der Waals surface area contributed by atoms with E-state index < -0.39 is 11.7 Å². The van der Waals surface area contributed by atoms with Gasteiger partial charge in [0.25, 0.3) is 0 Å². The first kappa shape index (κ1) is 19.3. The van der Waals surface area contributed by atoms with Crippen LogP contribution in [0.4, 0.5) is 13.2 Å². The summed E-state index contributed by atoms with van der Waals surface area (Å²) in [6.45, 7) is 0. The Morgan fingerprint density at radius 1 is 0.828 bits per heavy atom. The zero-order valence-corrected chi connectivity index (χ0v) is 15.9. The summed E-state index contributed by atoms with van der Waals surface area (Å²) < 4.78 is 41.1. The minimum atomic E-state index is -4.41. The van der Waals surface area contributed by atoms with E-state index in [1.54, 1.807) is 24.3 Å². The second-order valence-corrected chi connectivity index (χ2v) is 7.07. The van der Waals surface area contributed by atoms with Gasteiger partial charge in [-0.25, -0.2) is 0 Å². The van der Waals surface area contributed by atoms with Crippen molar-refractivity contribution in [2.24, 2.45) is 0 Å². The van der Waals surface area contributed by atoms with Crippen LogP contribution in [0.1, 0.15) is 11.4 Å². The maximum atomic E-state index is 12.7. The summed E-state index contributed by atoms with van der Waals surface area (Å²) in [5.41, 5.74) is 0.396. The normalized spacial score (nSPS) is 11.7. The standard InChI is InChI=1S/C16H10ClF3N8S/c17-11-3-7-13(8-4-11)28-15(22-24-26-28)29-9-14-21-23-25-27(14)12-5-1-10(2-6-12)16(18,19)20/h1-8H,9H2. The van der Waals surface area contributed by atoms with Crippen LogP contribution in [0.3, 0.4) is 0 Å². The lowest BCUT2D eigenvalue weighted by Gasteiger charge is -2.08. The fourth-order valence-corrected chi connectivity index (χ4v) is 3.35. The van der Waals surface area contributed by atoms with Gasteiger partial charge in [-0.2, -0.15) is 22.5 Å². The summed E-state index contributed by atoms with van der Waals surface area (Å²) >= 11 is 7.18. The van der Waals surface area contributed by atoms with Crippen molar-refractivity contribution < 1.29 is 13.2 Å². The molecule has 2 aromatic heterocycles. The molecule has 0 saturated heterocycles. The lowest BCUT2D eigenvalue weighted by atomic mass is 10.2. The van der Waals surface area contributed by atoms with E-state index in [-0.39, 0.29) is 0 Å². The summed E-state index contributed by atoms with van der Waals surface area (Å²) in [5, 5.41) is 24.1. The van der Waals surface area contributed by atoms with E-state index in [0.717, 1.165) is 17.8 Å². The zero-order chi connectivity index (χ0) is 20.4. The van der Waals surface area contributed by atoms with Crippen molar-refractivity contribution in [3.63, 3.8) is 0 Å². The Kier molecular flexibility index (Phi) is 5.20. The van der Waals surface area contributed by atoms with Gasteiger partial charge in [0.15, 0.2) is 5.82 Å². The van der Waals surface area contributed by atoms with Gasteiger partial charge >= 0.3 is 6.18 Å². The highest BCUT2D eigenvalue weighted by Crippen LogP contribution is 2.30. The number of benzene rings is 2. The van der Waals surface area contributed by atoms with Gasteiger partial charge in [-0.3, -0.25) is 0 Å². The second-order valence-electron chi connectivity index (χ2n) is 5.69. The first-order valence-corrected chi connectivity index (χ1v) is 9.40. The molecule has 0 unspecified atom stereocenters. The molecule has 4 aromatic rings. The maximum Gasteiger partial charge on any atom is 0.416 e. The number of thioether (sulfide) groups is 1. The molecule has 0 bridgehead atoms. The van der Waals surface area contributed by atoms with E-state index in [1.165, 1.54) is 33.3 Å². The molecule has 0 fully saturated rings. The first-order valence-electron chi connectivity index (χ1n) is 8.04. The molecule has 0 radical (unpaired) electrons. The van der Waals surface area contributed by atoms with Crippen LogP contribution in [0.5, 0.6) is 0 Å². The zero-order valence-electron chi connectivity index (χ0n) is 14.3. The lowest BCUT2D eigenvalue weighted by Crippen LogP contribution is -2.07. The summed E-state index contributed by atoms with van der Waals surface area (Å²) in [4.78, 5) is 0. The van der Waals surface area contributed by atoms with E-state index in [9.17, 15) is 13.2 Å². The van der Waals surface area contributed by atoms with Gasteiger partial charge in [0, 0.05) is 5.02 Å². The number of rotatable bonds is 5. The number of aromatic nitrogens is 8. The summed E-state index contributed by atoms with van der Waals surface area (Å²) in [6, 6.07) is 11.6. The molecule has 4 rings (SSSR count). The molecule has 29 heavy (non-hydrogen) atoms. The molecule has 13 heteroatoms. The number of tetrazole rings is 2. The van der Waals surface area contributed by atoms with Crippen molar-refractivity contribution >= 4 is 23.4 Å². The quantitative estimate of drug-likeness (QED) is 0.440. The van der Waals surface area contributed by atoms with Crippen LogP contribution in [-0.2, 0) is 11.9 Å². The molecule has 0 atom stereocenters. The molecular formula is C16H10ClF3N8S. The Morgan fingerprint density at radius 3 is 2.10 bits per heavy atom. The predicted molar refractivity (Wildman–Crippen MR) is 97.9 cm³/mol. The average molecular weight is 439 g/mol. The van der Waals surface area contributed by atoms with Crippen molar-refractivity contribution in [1.82, 2.24) is 40.4 Å². The molecule has 0 amide bonds. The minimum Gasteiger partial charge on any atom is -0.196 e. The number of halogens is 4. The highest BCUT2D eigenvalue weighted by molar-refractivity contribution is 7.98. The molecule has 2 aromatic carbocycles. The van der Waals surface area contributed by atoms with Crippen LogP contribution < -0.4 is 0 Å². The highest BCUT2D eigenvalue weighted by atomic mass is 35.5. The average Bonchev–Trinajstić information content (AvgIpc) is 3.35. The van der Waals surface area contributed by atoms with Crippen LogP contribution >= 0.6 is 23.4 Å². The van der Waals surface area contributed by atoms with E-state index in [0.29, 0.717) is 27.4 Å². The van der Waals surface area contributed by atoms with E-state index >= 15 is 0 Å². The van der Waals surface area contributed by atoms with Gasteiger partial charge in [-0.1, -0.05) is 23.4 Å². The van der Waals surface area contributed by atoms with Crippen LogP contribution in [0.25, 0.3) is 11.4 Å². The van der Waals surface area contributed by atoms with E-state index in [2.05, 4.69) is 31.1 Å². The Balaban J connectivity index is 1.53. The molecule has 8 nitrogen and oxygen atoms in total. The Bertz CT molecular complexity index is 1110. The van der Waals surface area contributed by atoms with Crippen molar-refractivity contribution in [2.75, 3.05) is 0 Å². The predicted octanol–water partition coefficient (Wildman–Crippen LogP) is 3.60. The first-order chi connectivity index (χ1) is 13.9. The van der Waals surface area contributed by atoms with Gasteiger partial charge in [0.2, 0.25) is 5.16 Å². The van der Waals surface area contributed by atoms with Crippen LogP contribution in [0, 0.1) is 0 Å². The summed E-state index contributed by atoms with van der Waals surface area (Å²) in [6.07, 6.45) is -4.41. The number of hydrogen-bond acceptors (Lipinski definition) is 7. The van der Waals surface area contributed by atoms with Gasteiger partial charge in [0.1, 0.15) is 0 Å². The van der Waals surface area contributed by atoms with Crippen LogP contribution in [0.2, 0.25) is 5.02 Å². The SMILES string of the molecule is FC(F)(F)c1ccc(-n2nnnc2CSc2nnnn2-c2ccc(Cl)cc2)cc1. The topological polar surface area (TPSA) is 87.2 Å². The highest BCUT2D eigenvalue weighted by Gasteiger charge is 2.30. The Morgan fingerprint density at radius 2 is 1.41 bits per heavy atom. The number of alkyl halides is 3. The third kappa shape index (κ3) is 4.22. The third-order valence-corrected chi connectivity index (χ3v) is 4.98. The molecule has 0 aliphatic heterocycles. The molecule has 0 N–H and O–H groups in total. The molecule has 0 aliphatic rings. The molecule has 0 saturated carbocycles. The Hall–Kier alpha value is -2.99. The second kappa shape index (κ2) is 7.79. The minimum absolute atomic E-state index is 0.294. The van der Waals surface area contributed by atoms with Gasteiger partial charge < -0.3 is 0 Å². The molecule has 148 valence electrons. The monoisotopic (exact) mass is 438 g/mol. The molecular weight excluding hydrogens is 429 g/mol. The van der Waals surface area contributed by atoms with Crippen molar-refractivity contribution in [1.29, 1.82) is 0 Å². The fourth-order valence-electron chi connectivity index (χ4n) is 2.43. The summed E-state index contributed by atoms with van der Waals surface area (Å²) in [7, 11) is 0. The molecule has 0 aliphatic carbocycles. The largest absolute Gasteiger partial charge is 0.416 e. The summed E-state index contributed by atoms with van der Waals surface area (Å²) in [5.74, 6) is 0.725. The Labute approximate surface area is 170 Å². The van der Waals surface area contributed by atoms with Crippen molar-refractivity contribution in [2.45, 2.75) is 17.1 Å².